The summed E-state index contributed by atoms with van der Waals surface area (Å²) in [5.41, 5.74) is 0.800. The SMILES string of the molecule is CC(C)(C)OC(=O)N[C@@]1(C)CCN([C@@H](c2ccc(NN)nc2)C(F)(F)F)C1. The highest BCUT2D eigenvalue weighted by Gasteiger charge is 2.49. The maximum Gasteiger partial charge on any atom is 0.408 e. The molecule has 0 saturated carbocycles. The van der Waals surface area contributed by atoms with Crippen LogP contribution in [0.2, 0.25) is 0 Å². The highest BCUT2D eigenvalue weighted by molar-refractivity contribution is 5.68. The minimum atomic E-state index is -4.49. The van der Waals surface area contributed by atoms with E-state index < -0.39 is 29.5 Å². The van der Waals surface area contributed by atoms with E-state index in [-0.39, 0.29) is 24.5 Å². The first-order chi connectivity index (χ1) is 12.3. The summed E-state index contributed by atoms with van der Waals surface area (Å²) in [6.45, 7) is 7.10. The lowest BCUT2D eigenvalue weighted by Crippen LogP contribution is -2.50. The molecule has 1 aromatic rings. The van der Waals surface area contributed by atoms with Crippen LogP contribution in [0, 0.1) is 0 Å². The van der Waals surface area contributed by atoms with E-state index in [1.54, 1.807) is 27.7 Å². The van der Waals surface area contributed by atoms with Crippen LogP contribution in [0.4, 0.5) is 23.8 Å². The Kier molecular flexibility index (Phi) is 5.91. The van der Waals surface area contributed by atoms with Crippen molar-refractivity contribution in [2.24, 2.45) is 5.84 Å². The summed E-state index contributed by atoms with van der Waals surface area (Å²) in [6.07, 6.45) is -3.61. The third-order valence-electron chi connectivity index (χ3n) is 4.23. The second-order valence-corrected chi connectivity index (χ2v) is 7.97. The standard InChI is InChI=1S/C17H26F3N5O2/c1-15(2,3)27-14(26)23-16(4)7-8-25(10-16)13(17(18,19)20)11-5-6-12(24-21)22-9-11/h5-6,9,13H,7-8,10,21H2,1-4H3,(H,22,24)(H,23,26)/t13-,16-/m0/s1. The highest BCUT2D eigenvalue weighted by Crippen LogP contribution is 2.41. The monoisotopic (exact) mass is 389 g/mol. The van der Waals surface area contributed by atoms with E-state index in [1.165, 1.54) is 17.0 Å². The zero-order chi connectivity index (χ0) is 20.5. The van der Waals surface area contributed by atoms with Gasteiger partial charge in [-0.1, -0.05) is 6.07 Å². The van der Waals surface area contributed by atoms with Crippen LogP contribution < -0.4 is 16.6 Å². The first kappa shape index (κ1) is 21.2. The summed E-state index contributed by atoms with van der Waals surface area (Å²) in [5, 5.41) is 2.71. The van der Waals surface area contributed by atoms with Gasteiger partial charge in [0.25, 0.3) is 0 Å². The van der Waals surface area contributed by atoms with Gasteiger partial charge in [0.1, 0.15) is 17.5 Å². The molecule has 2 heterocycles. The third kappa shape index (κ3) is 5.70. The van der Waals surface area contributed by atoms with Crippen molar-refractivity contribution in [2.45, 2.75) is 57.5 Å². The topological polar surface area (TPSA) is 92.5 Å². The summed E-state index contributed by atoms with van der Waals surface area (Å²) < 4.78 is 46.5. The van der Waals surface area contributed by atoms with Crippen molar-refractivity contribution in [2.75, 3.05) is 18.5 Å². The summed E-state index contributed by atoms with van der Waals surface area (Å²) in [6, 6.07) is 0.915. The first-order valence-corrected chi connectivity index (χ1v) is 8.57. The van der Waals surface area contributed by atoms with Gasteiger partial charge >= 0.3 is 12.3 Å². The number of halogens is 3. The lowest BCUT2D eigenvalue weighted by Gasteiger charge is -2.32. The molecule has 1 amide bonds. The fourth-order valence-electron chi connectivity index (χ4n) is 3.13. The number of likely N-dealkylation sites (tertiary alicyclic amines) is 1. The van der Waals surface area contributed by atoms with Gasteiger partial charge in [-0.05, 0) is 45.7 Å². The summed E-state index contributed by atoms with van der Waals surface area (Å²) in [7, 11) is 0. The fraction of sp³-hybridized carbons (Fsp3) is 0.647. The number of nitrogens with two attached hydrogens (primary N) is 1. The van der Waals surface area contributed by atoms with Crippen LogP contribution in [0.5, 0.6) is 0 Å². The van der Waals surface area contributed by atoms with Crippen molar-refractivity contribution < 1.29 is 22.7 Å². The Morgan fingerprint density at radius 1 is 1.37 bits per heavy atom. The number of amides is 1. The molecule has 1 aromatic heterocycles. The molecule has 2 atom stereocenters. The van der Waals surface area contributed by atoms with Crippen molar-refractivity contribution in [3.63, 3.8) is 0 Å². The van der Waals surface area contributed by atoms with Crippen molar-refractivity contribution in [1.29, 1.82) is 0 Å². The summed E-state index contributed by atoms with van der Waals surface area (Å²) in [5.74, 6) is 5.49. The number of nitrogens with zero attached hydrogens (tertiary/aromatic N) is 2. The number of aromatic nitrogens is 1. The molecule has 4 N–H and O–H groups in total. The molecule has 1 aliphatic rings. The first-order valence-electron chi connectivity index (χ1n) is 8.57. The Hall–Kier alpha value is -2.07. The van der Waals surface area contributed by atoms with Gasteiger partial charge in [0.2, 0.25) is 0 Å². The van der Waals surface area contributed by atoms with Crippen LogP contribution in [0.25, 0.3) is 0 Å². The number of hydrogen-bond donors (Lipinski definition) is 3. The molecule has 0 bridgehead atoms. The van der Waals surface area contributed by atoms with Crippen molar-refractivity contribution in [3.8, 4) is 0 Å². The predicted octanol–water partition coefficient (Wildman–Crippen LogP) is 2.96. The normalized spacial score (nSPS) is 22.4. The second-order valence-electron chi connectivity index (χ2n) is 7.97. The number of nitrogen functional groups attached to an aromatic ring is 1. The maximum atomic E-state index is 13.8. The number of rotatable bonds is 4. The number of nitrogens with one attached hydrogen (secondary N) is 2. The highest BCUT2D eigenvalue weighted by atomic mass is 19.4. The fourth-order valence-corrected chi connectivity index (χ4v) is 3.13. The van der Waals surface area contributed by atoms with Gasteiger partial charge in [-0.25, -0.2) is 15.6 Å². The molecule has 1 fully saturated rings. The van der Waals surface area contributed by atoms with Gasteiger partial charge in [0.05, 0.1) is 5.54 Å². The van der Waals surface area contributed by atoms with Crippen LogP contribution in [0.3, 0.4) is 0 Å². The number of hydrogen-bond acceptors (Lipinski definition) is 6. The number of anilines is 1. The maximum absolute atomic E-state index is 13.8. The van der Waals surface area contributed by atoms with Gasteiger partial charge in [-0.3, -0.25) is 4.90 Å². The molecule has 10 heteroatoms. The molecular formula is C17H26F3N5O2. The Balaban J connectivity index is 2.15. The van der Waals surface area contributed by atoms with Crippen molar-refractivity contribution in [3.05, 3.63) is 23.9 Å². The average Bonchev–Trinajstić information content (AvgIpc) is 2.85. The smallest absolute Gasteiger partial charge is 0.408 e. The minimum absolute atomic E-state index is 0.0167. The lowest BCUT2D eigenvalue weighted by atomic mass is 10.0. The van der Waals surface area contributed by atoms with E-state index in [0.717, 1.165) is 6.20 Å². The van der Waals surface area contributed by atoms with Gasteiger partial charge in [-0.2, -0.15) is 13.2 Å². The second kappa shape index (κ2) is 7.51. The van der Waals surface area contributed by atoms with E-state index in [0.29, 0.717) is 6.42 Å². The molecule has 0 unspecified atom stereocenters. The molecule has 1 aliphatic heterocycles. The molecule has 152 valence electrons. The van der Waals surface area contributed by atoms with E-state index >= 15 is 0 Å². The number of carbonyl (C=O) groups excluding carboxylic acids is 1. The summed E-state index contributed by atoms with van der Waals surface area (Å²) in [4.78, 5) is 17.2. The molecule has 0 aromatic carbocycles. The molecule has 0 spiro atoms. The van der Waals surface area contributed by atoms with Gasteiger partial charge in [0, 0.05) is 19.3 Å². The van der Waals surface area contributed by atoms with E-state index in [9.17, 15) is 18.0 Å². The lowest BCUT2D eigenvalue weighted by molar-refractivity contribution is -0.184. The summed E-state index contributed by atoms with van der Waals surface area (Å²) >= 11 is 0. The molecule has 2 rings (SSSR count). The van der Waals surface area contributed by atoms with Crippen LogP contribution in [0.1, 0.15) is 45.7 Å². The predicted molar refractivity (Wildman–Crippen MR) is 94.8 cm³/mol. The number of pyridine rings is 1. The zero-order valence-corrected chi connectivity index (χ0v) is 15.9. The van der Waals surface area contributed by atoms with Crippen LogP contribution in [-0.2, 0) is 4.74 Å². The number of alkyl halides is 3. The van der Waals surface area contributed by atoms with Gasteiger partial charge in [-0.15, -0.1) is 0 Å². The average molecular weight is 389 g/mol. The van der Waals surface area contributed by atoms with Gasteiger partial charge in [0.15, 0.2) is 0 Å². The molecule has 7 nitrogen and oxygen atoms in total. The molecule has 0 aliphatic carbocycles. The van der Waals surface area contributed by atoms with Crippen LogP contribution in [0.15, 0.2) is 18.3 Å². The van der Waals surface area contributed by atoms with Crippen LogP contribution >= 0.6 is 0 Å². The van der Waals surface area contributed by atoms with Gasteiger partial charge < -0.3 is 15.5 Å². The quantitative estimate of drug-likeness (QED) is 0.542. The van der Waals surface area contributed by atoms with E-state index in [1.807, 2.05) is 0 Å². The molecule has 0 radical (unpaired) electrons. The molecular weight excluding hydrogens is 363 g/mol. The minimum Gasteiger partial charge on any atom is -0.444 e. The number of hydrazine groups is 1. The number of alkyl carbamates (subject to hydrolysis) is 1. The van der Waals surface area contributed by atoms with E-state index in [4.69, 9.17) is 10.6 Å². The Bertz CT molecular complexity index is 660. The van der Waals surface area contributed by atoms with Crippen molar-refractivity contribution >= 4 is 11.9 Å². The van der Waals surface area contributed by atoms with Crippen molar-refractivity contribution in [1.82, 2.24) is 15.2 Å². The number of ether oxygens (including phenoxy) is 1. The van der Waals surface area contributed by atoms with Crippen LogP contribution in [-0.4, -0.2) is 46.4 Å². The zero-order valence-electron chi connectivity index (χ0n) is 15.9. The Labute approximate surface area is 156 Å². The number of carbonyl (C=O) groups is 1. The Morgan fingerprint density at radius 2 is 2.04 bits per heavy atom. The molecule has 27 heavy (non-hydrogen) atoms. The largest absolute Gasteiger partial charge is 0.444 e. The van der Waals surface area contributed by atoms with E-state index in [2.05, 4.69) is 15.7 Å². The molecule has 1 saturated heterocycles. The Morgan fingerprint density at radius 3 is 2.52 bits per heavy atom. The third-order valence-corrected chi connectivity index (χ3v) is 4.23.